The molecule has 1 aromatic heterocycles. The van der Waals surface area contributed by atoms with Crippen LogP contribution < -0.4 is 5.56 Å². The summed E-state index contributed by atoms with van der Waals surface area (Å²) in [5.41, 5.74) is -0.445. The minimum absolute atomic E-state index is 0.0719. The Morgan fingerprint density at radius 2 is 2.38 bits per heavy atom. The summed E-state index contributed by atoms with van der Waals surface area (Å²) in [6, 6.07) is 1.07. The van der Waals surface area contributed by atoms with Crippen LogP contribution in [0, 0.1) is 0 Å². The van der Waals surface area contributed by atoms with Gasteiger partial charge in [0.05, 0.1) is 11.8 Å². The lowest BCUT2D eigenvalue weighted by atomic mass is 10.3. The molecular weight excluding hydrogens is 172 g/mol. The van der Waals surface area contributed by atoms with Gasteiger partial charge in [0.2, 0.25) is 0 Å². The third-order valence-corrected chi connectivity index (χ3v) is 1.55. The van der Waals surface area contributed by atoms with Crippen LogP contribution in [0.25, 0.3) is 0 Å². The van der Waals surface area contributed by atoms with E-state index < -0.39 is 5.97 Å². The van der Waals surface area contributed by atoms with Crippen molar-refractivity contribution in [3.8, 4) is 0 Å². The fourth-order valence-electron chi connectivity index (χ4n) is 0.930. The van der Waals surface area contributed by atoms with Gasteiger partial charge < -0.3 is 5.11 Å². The molecule has 0 unspecified atom stereocenters. The molecule has 1 N–H and O–H groups in total. The van der Waals surface area contributed by atoms with Crippen molar-refractivity contribution in [3.63, 3.8) is 0 Å². The molecule has 0 saturated heterocycles. The summed E-state index contributed by atoms with van der Waals surface area (Å²) in [4.78, 5) is 21.6. The number of hydrogen-bond acceptors (Lipinski definition) is 3. The average Bonchev–Trinajstić information content (AvgIpc) is 2.08. The zero-order chi connectivity index (χ0) is 9.84. The van der Waals surface area contributed by atoms with Gasteiger partial charge in [0, 0.05) is 12.6 Å². The molecule has 0 fully saturated rings. The number of hydrogen-bond donors (Lipinski definition) is 1. The standard InChI is InChI=1S/C8H10N2O3/c1-2-3-10-7(11)4-6(5-9-10)8(12)13/h4-5H,2-3H2,1H3,(H,12,13). The zero-order valence-electron chi connectivity index (χ0n) is 7.23. The summed E-state index contributed by atoms with van der Waals surface area (Å²) in [5, 5.41) is 12.3. The molecule has 5 heteroatoms. The second kappa shape index (κ2) is 3.84. The van der Waals surface area contributed by atoms with Gasteiger partial charge in [-0.25, -0.2) is 9.48 Å². The van der Waals surface area contributed by atoms with E-state index in [1.807, 2.05) is 6.92 Å². The van der Waals surface area contributed by atoms with Gasteiger partial charge in [0.15, 0.2) is 0 Å². The number of carbonyl (C=O) groups is 1. The molecule has 1 rings (SSSR count). The van der Waals surface area contributed by atoms with E-state index in [0.29, 0.717) is 6.54 Å². The number of aromatic carboxylic acids is 1. The first kappa shape index (κ1) is 9.44. The van der Waals surface area contributed by atoms with Crippen LogP contribution in [0.15, 0.2) is 17.1 Å². The summed E-state index contributed by atoms with van der Waals surface area (Å²) >= 11 is 0. The summed E-state index contributed by atoms with van der Waals surface area (Å²) < 4.78 is 1.24. The van der Waals surface area contributed by atoms with Crippen LogP contribution in [-0.2, 0) is 6.54 Å². The Bertz CT molecular complexity index is 370. The SMILES string of the molecule is CCCn1ncc(C(=O)O)cc1=O. The topological polar surface area (TPSA) is 72.2 Å². The Labute approximate surface area is 74.6 Å². The second-order valence-electron chi connectivity index (χ2n) is 2.61. The Morgan fingerprint density at radius 1 is 1.69 bits per heavy atom. The van der Waals surface area contributed by atoms with E-state index in [1.54, 1.807) is 0 Å². The molecule has 0 aliphatic heterocycles. The number of nitrogens with zero attached hydrogens (tertiary/aromatic N) is 2. The zero-order valence-corrected chi connectivity index (χ0v) is 7.23. The van der Waals surface area contributed by atoms with E-state index in [-0.39, 0.29) is 11.1 Å². The van der Waals surface area contributed by atoms with E-state index in [2.05, 4.69) is 5.10 Å². The largest absolute Gasteiger partial charge is 0.478 e. The smallest absolute Gasteiger partial charge is 0.337 e. The quantitative estimate of drug-likeness (QED) is 0.732. The fourth-order valence-corrected chi connectivity index (χ4v) is 0.930. The van der Waals surface area contributed by atoms with Gasteiger partial charge in [-0.1, -0.05) is 6.92 Å². The maximum atomic E-state index is 11.2. The third-order valence-electron chi connectivity index (χ3n) is 1.55. The minimum atomic E-state index is -1.13. The minimum Gasteiger partial charge on any atom is -0.478 e. The Hall–Kier alpha value is -1.65. The molecule has 0 bridgehead atoms. The molecule has 70 valence electrons. The van der Waals surface area contributed by atoms with Gasteiger partial charge >= 0.3 is 5.97 Å². The predicted octanol–water partition coefficient (Wildman–Crippen LogP) is 0.352. The Morgan fingerprint density at radius 3 is 2.85 bits per heavy atom. The predicted molar refractivity (Wildman–Crippen MR) is 45.7 cm³/mol. The second-order valence-corrected chi connectivity index (χ2v) is 2.61. The highest BCUT2D eigenvalue weighted by Crippen LogP contribution is 1.91. The molecule has 0 aliphatic rings. The summed E-state index contributed by atoms with van der Waals surface area (Å²) in [7, 11) is 0. The molecular formula is C8H10N2O3. The van der Waals surface area contributed by atoms with E-state index in [4.69, 9.17) is 5.11 Å². The first-order valence-corrected chi connectivity index (χ1v) is 3.95. The van der Waals surface area contributed by atoms with E-state index in [0.717, 1.165) is 12.5 Å². The maximum absolute atomic E-state index is 11.2. The Kier molecular flexibility index (Phi) is 2.79. The number of carboxylic acids is 1. The highest BCUT2D eigenvalue weighted by molar-refractivity contribution is 5.86. The van der Waals surface area contributed by atoms with Crippen LogP contribution in [-0.4, -0.2) is 20.9 Å². The van der Waals surface area contributed by atoms with Crippen molar-refractivity contribution in [1.82, 2.24) is 9.78 Å². The van der Waals surface area contributed by atoms with Gasteiger partial charge in [0.1, 0.15) is 0 Å². The third kappa shape index (κ3) is 2.14. The lowest BCUT2D eigenvalue weighted by molar-refractivity contribution is 0.0695. The lowest BCUT2D eigenvalue weighted by Gasteiger charge is -2.00. The molecule has 13 heavy (non-hydrogen) atoms. The molecule has 0 aliphatic carbocycles. The van der Waals surface area contributed by atoms with Crippen molar-refractivity contribution in [3.05, 3.63) is 28.2 Å². The van der Waals surface area contributed by atoms with Crippen LogP contribution in [0.5, 0.6) is 0 Å². The van der Waals surface area contributed by atoms with Gasteiger partial charge in [-0.2, -0.15) is 5.10 Å². The highest BCUT2D eigenvalue weighted by atomic mass is 16.4. The number of carboxylic acid groups (broad SMARTS) is 1. The molecule has 0 spiro atoms. The van der Waals surface area contributed by atoms with Crippen molar-refractivity contribution in [1.29, 1.82) is 0 Å². The molecule has 1 heterocycles. The molecule has 0 saturated carbocycles. The molecule has 1 aromatic rings. The maximum Gasteiger partial charge on any atom is 0.337 e. The van der Waals surface area contributed by atoms with Gasteiger partial charge in [0.25, 0.3) is 5.56 Å². The Balaban J connectivity index is 3.06. The number of rotatable bonds is 3. The molecule has 5 nitrogen and oxygen atoms in total. The first-order chi connectivity index (χ1) is 6.15. The van der Waals surface area contributed by atoms with Crippen molar-refractivity contribution in [2.24, 2.45) is 0 Å². The van der Waals surface area contributed by atoms with E-state index >= 15 is 0 Å². The van der Waals surface area contributed by atoms with Gasteiger partial charge in [-0.05, 0) is 6.42 Å². The lowest BCUT2D eigenvalue weighted by Crippen LogP contribution is -2.23. The van der Waals surface area contributed by atoms with Crippen LogP contribution in [0.3, 0.4) is 0 Å². The van der Waals surface area contributed by atoms with E-state index in [9.17, 15) is 9.59 Å². The van der Waals surface area contributed by atoms with Gasteiger partial charge in [-0.15, -0.1) is 0 Å². The fraction of sp³-hybridized carbons (Fsp3) is 0.375. The molecule has 0 amide bonds. The average molecular weight is 182 g/mol. The van der Waals surface area contributed by atoms with Crippen molar-refractivity contribution in [2.45, 2.75) is 19.9 Å². The number of aromatic nitrogens is 2. The van der Waals surface area contributed by atoms with E-state index in [1.165, 1.54) is 10.9 Å². The van der Waals surface area contributed by atoms with Crippen molar-refractivity contribution >= 4 is 5.97 Å². The van der Waals surface area contributed by atoms with Crippen molar-refractivity contribution in [2.75, 3.05) is 0 Å². The van der Waals surface area contributed by atoms with Crippen molar-refractivity contribution < 1.29 is 9.90 Å². The monoisotopic (exact) mass is 182 g/mol. The van der Waals surface area contributed by atoms with Crippen LogP contribution in [0.1, 0.15) is 23.7 Å². The van der Waals surface area contributed by atoms with Crippen LogP contribution in [0.4, 0.5) is 0 Å². The molecule has 0 radical (unpaired) electrons. The van der Waals surface area contributed by atoms with Gasteiger partial charge in [-0.3, -0.25) is 4.79 Å². The van der Waals surface area contributed by atoms with Crippen LogP contribution >= 0.6 is 0 Å². The van der Waals surface area contributed by atoms with Crippen LogP contribution in [0.2, 0.25) is 0 Å². The summed E-state index contributed by atoms with van der Waals surface area (Å²) in [5.74, 6) is -1.13. The molecule has 0 atom stereocenters. The summed E-state index contributed by atoms with van der Waals surface area (Å²) in [6.07, 6.45) is 1.97. The number of aryl methyl sites for hydroxylation is 1. The molecule has 0 aromatic carbocycles. The first-order valence-electron chi connectivity index (χ1n) is 3.95. The summed E-state index contributed by atoms with van der Waals surface area (Å²) in [6.45, 7) is 2.43. The highest BCUT2D eigenvalue weighted by Gasteiger charge is 2.04. The normalized spacial score (nSPS) is 9.92.